The van der Waals surface area contributed by atoms with Gasteiger partial charge in [0, 0.05) is 7.11 Å². The third kappa shape index (κ3) is 8.83. The molecule has 1 aromatic carbocycles. The second-order valence-electron chi connectivity index (χ2n) is 6.83. The van der Waals surface area contributed by atoms with E-state index in [9.17, 15) is 14.4 Å². The van der Waals surface area contributed by atoms with Crippen molar-refractivity contribution in [1.29, 1.82) is 0 Å². The molecule has 0 heterocycles. The van der Waals surface area contributed by atoms with E-state index in [-0.39, 0.29) is 13.2 Å². The standard InChI is InChI=1S/C19H28N2O7/c1-19(2,3)28-12-14(15(22)21-16(25-4)17(23)26-5)20-18(24)27-11-13-9-7-6-8-10-13/h6-10,14,16H,11-12H2,1-5H3,(H,20,24)(H,21,22)/t14-,16?/m0/s1. The molecule has 28 heavy (non-hydrogen) atoms. The van der Waals surface area contributed by atoms with E-state index < -0.39 is 35.8 Å². The van der Waals surface area contributed by atoms with Crippen molar-refractivity contribution < 1.29 is 33.3 Å². The summed E-state index contributed by atoms with van der Waals surface area (Å²) in [7, 11) is 2.41. The minimum atomic E-state index is -1.31. The second-order valence-corrected chi connectivity index (χ2v) is 6.83. The van der Waals surface area contributed by atoms with Gasteiger partial charge in [0.1, 0.15) is 12.6 Å². The highest BCUT2D eigenvalue weighted by atomic mass is 16.6. The molecular formula is C19H28N2O7. The molecule has 2 atom stereocenters. The zero-order valence-electron chi connectivity index (χ0n) is 16.8. The molecule has 0 saturated heterocycles. The van der Waals surface area contributed by atoms with Crippen LogP contribution in [0.3, 0.4) is 0 Å². The Morgan fingerprint density at radius 2 is 1.68 bits per heavy atom. The first kappa shape index (κ1) is 23.4. The summed E-state index contributed by atoms with van der Waals surface area (Å²) >= 11 is 0. The van der Waals surface area contributed by atoms with Gasteiger partial charge >= 0.3 is 12.1 Å². The van der Waals surface area contributed by atoms with E-state index in [1.807, 2.05) is 39.0 Å². The van der Waals surface area contributed by atoms with Crippen LogP contribution in [-0.2, 0) is 35.1 Å². The number of alkyl carbamates (subject to hydrolysis) is 1. The van der Waals surface area contributed by atoms with E-state index in [4.69, 9.17) is 14.2 Å². The smallest absolute Gasteiger partial charge is 0.408 e. The fraction of sp³-hybridized carbons (Fsp3) is 0.526. The molecule has 9 nitrogen and oxygen atoms in total. The van der Waals surface area contributed by atoms with Crippen LogP contribution in [0.1, 0.15) is 26.3 Å². The van der Waals surface area contributed by atoms with Gasteiger partial charge in [-0.25, -0.2) is 9.59 Å². The lowest BCUT2D eigenvalue weighted by Gasteiger charge is -2.25. The molecule has 2 N–H and O–H groups in total. The molecule has 1 unspecified atom stereocenters. The number of amides is 2. The number of hydrogen-bond donors (Lipinski definition) is 2. The van der Waals surface area contributed by atoms with Crippen molar-refractivity contribution in [2.45, 2.75) is 45.2 Å². The number of nitrogens with one attached hydrogen (secondary N) is 2. The molecule has 0 radical (unpaired) electrons. The van der Waals surface area contributed by atoms with E-state index in [2.05, 4.69) is 15.4 Å². The molecule has 0 aromatic heterocycles. The Morgan fingerprint density at radius 3 is 2.21 bits per heavy atom. The quantitative estimate of drug-likeness (QED) is 0.479. The number of ether oxygens (including phenoxy) is 4. The predicted octanol–water partition coefficient (Wildman–Crippen LogP) is 1.36. The Hall–Kier alpha value is -2.65. The first-order chi connectivity index (χ1) is 13.2. The third-order valence-corrected chi connectivity index (χ3v) is 3.43. The molecule has 0 bridgehead atoms. The molecule has 0 fully saturated rings. The number of hydrogen-bond acceptors (Lipinski definition) is 7. The lowest BCUT2D eigenvalue weighted by atomic mass is 10.2. The lowest BCUT2D eigenvalue weighted by molar-refractivity contribution is -0.157. The fourth-order valence-corrected chi connectivity index (χ4v) is 1.97. The predicted molar refractivity (Wildman–Crippen MR) is 100 cm³/mol. The van der Waals surface area contributed by atoms with Gasteiger partial charge in [0.25, 0.3) is 0 Å². The van der Waals surface area contributed by atoms with Crippen molar-refractivity contribution in [3.05, 3.63) is 35.9 Å². The highest BCUT2D eigenvalue weighted by Gasteiger charge is 2.29. The molecule has 156 valence electrons. The number of rotatable bonds is 9. The van der Waals surface area contributed by atoms with Crippen molar-refractivity contribution >= 4 is 18.0 Å². The molecule has 0 aliphatic rings. The number of benzene rings is 1. The molecule has 1 rings (SSSR count). The number of carbonyl (C=O) groups excluding carboxylic acids is 3. The molecule has 1 aromatic rings. The summed E-state index contributed by atoms with van der Waals surface area (Å²) in [6, 6.07) is 7.99. The van der Waals surface area contributed by atoms with Crippen LogP contribution in [0.2, 0.25) is 0 Å². The van der Waals surface area contributed by atoms with Gasteiger partial charge in [-0.05, 0) is 26.3 Å². The summed E-state index contributed by atoms with van der Waals surface area (Å²) in [4.78, 5) is 36.2. The maximum Gasteiger partial charge on any atom is 0.408 e. The molecule has 0 spiro atoms. The van der Waals surface area contributed by atoms with Crippen LogP contribution in [0.4, 0.5) is 4.79 Å². The number of methoxy groups -OCH3 is 2. The highest BCUT2D eigenvalue weighted by Crippen LogP contribution is 2.08. The number of carbonyl (C=O) groups is 3. The molecule has 0 aliphatic carbocycles. The van der Waals surface area contributed by atoms with E-state index in [0.717, 1.165) is 5.56 Å². The second kappa shape index (κ2) is 11.3. The van der Waals surface area contributed by atoms with Crippen LogP contribution in [0, 0.1) is 0 Å². The SMILES string of the molecule is COC(=O)C(NC(=O)[C@H](COC(C)(C)C)NC(=O)OCc1ccccc1)OC. The van der Waals surface area contributed by atoms with Gasteiger partial charge in [-0.2, -0.15) is 0 Å². The van der Waals surface area contributed by atoms with E-state index >= 15 is 0 Å². The Balaban J connectivity index is 2.72. The first-order valence-corrected chi connectivity index (χ1v) is 8.68. The van der Waals surface area contributed by atoms with Crippen molar-refractivity contribution in [2.75, 3.05) is 20.8 Å². The van der Waals surface area contributed by atoms with Crippen molar-refractivity contribution in [1.82, 2.24) is 10.6 Å². The Kier molecular flexibility index (Phi) is 9.40. The zero-order chi connectivity index (χ0) is 21.2. The van der Waals surface area contributed by atoms with E-state index in [1.165, 1.54) is 14.2 Å². The monoisotopic (exact) mass is 396 g/mol. The summed E-state index contributed by atoms with van der Waals surface area (Å²) in [5.41, 5.74) is 0.256. The van der Waals surface area contributed by atoms with Gasteiger partial charge in [0.2, 0.25) is 12.1 Å². The molecule has 2 amide bonds. The summed E-state index contributed by atoms with van der Waals surface area (Å²) in [6.07, 6.45) is -2.11. The summed E-state index contributed by atoms with van der Waals surface area (Å²) in [5.74, 6) is -1.46. The van der Waals surface area contributed by atoms with E-state index in [1.54, 1.807) is 12.1 Å². The summed E-state index contributed by atoms with van der Waals surface area (Å²) in [5, 5.41) is 4.79. The first-order valence-electron chi connectivity index (χ1n) is 8.68. The van der Waals surface area contributed by atoms with Gasteiger partial charge in [-0.1, -0.05) is 30.3 Å². The Labute approximate surface area is 164 Å². The fourth-order valence-electron chi connectivity index (χ4n) is 1.97. The van der Waals surface area contributed by atoms with Crippen molar-refractivity contribution in [3.8, 4) is 0 Å². The zero-order valence-corrected chi connectivity index (χ0v) is 16.8. The van der Waals surface area contributed by atoms with Crippen LogP contribution in [-0.4, -0.2) is 56.7 Å². The molecule has 9 heteroatoms. The number of esters is 1. The minimum Gasteiger partial charge on any atom is -0.466 e. The van der Waals surface area contributed by atoms with Crippen LogP contribution >= 0.6 is 0 Å². The van der Waals surface area contributed by atoms with Crippen LogP contribution in [0.5, 0.6) is 0 Å². The van der Waals surface area contributed by atoms with Crippen LogP contribution in [0.25, 0.3) is 0 Å². The van der Waals surface area contributed by atoms with Gasteiger partial charge in [0.15, 0.2) is 0 Å². The third-order valence-electron chi connectivity index (χ3n) is 3.43. The lowest BCUT2D eigenvalue weighted by Crippen LogP contribution is -2.54. The average Bonchev–Trinajstić information content (AvgIpc) is 2.66. The van der Waals surface area contributed by atoms with Crippen molar-refractivity contribution in [2.24, 2.45) is 0 Å². The van der Waals surface area contributed by atoms with Crippen LogP contribution in [0.15, 0.2) is 30.3 Å². The van der Waals surface area contributed by atoms with Gasteiger partial charge in [0.05, 0.1) is 19.3 Å². The summed E-state index contributed by atoms with van der Waals surface area (Å²) < 4.78 is 20.2. The molecule has 0 aliphatic heterocycles. The topological polar surface area (TPSA) is 112 Å². The van der Waals surface area contributed by atoms with E-state index in [0.29, 0.717) is 0 Å². The normalized spacial score (nSPS) is 13.2. The van der Waals surface area contributed by atoms with Gasteiger partial charge < -0.3 is 29.6 Å². The maximum atomic E-state index is 12.5. The highest BCUT2D eigenvalue weighted by molar-refractivity contribution is 5.89. The molecular weight excluding hydrogens is 368 g/mol. The maximum absolute atomic E-state index is 12.5. The Morgan fingerprint density at radius 1 is 1.04 bits per heavy atom. The van der Waals surface area contributed by atoms with Gasteiger partial charge in [-0.3, -0.25) is 4.79 Å². The largest absolute Gasteiger partial charge is 0.466 e. The Bertz CT molecular complexity index is 643. The van der Waals surface area contributed by atoms with Crippen LogP contribution < -0.4 is 10.6 Å². The molecule has 0 saturated carbocycles. The van der Waals surface area contributed by atoms with Crippen molar-refractivity contribution in [3.63, 3.8) is 0 Å². The minimum absolute atomic E-state index is 0.0456. The van der Waals surface area contributed by atoms with Gasteiger partial charge in [-0.15, -0.1) is 0 Å². The average molecular weight is 396 g/mol. The summed E-state index contributed by atoms with van der Waals surface area (Å²) in [6.45, 7) is 5.34.